The van der Waals surface area contributed by atoms with Crippen molar-refractivity contribution in [2.75, 3.05) is 7.11 Å². The molecular formula is C16H27BO6. The minimum absolute atomic E-state index is 0.133. The van der Waals surface area contributed by atoms with E-state index in [1.54, 1.807) is 7.11 Å². The summed E-state index contributed by atoms with van der Waals surface area (Å²) < 4.78 is 36.2. The van der Waals surface area contributed by atoms with Crippen LogP contribution >= 0.6 is 0 Å². The Bertz CT molecular complexity index is 505. The van der Waals surface area contributed by atoms with E-state index in [-0.39, 0.29) is 36.3 Å². The maximum Gasteiger partial charge on any atom is 0.464 e. The van der Waals surface area contributed by atoms with E-state index >= 15 is 0 Å². The first-order chi connectivity index (χ1) is 10.5. The van der Waals surface area contributed by atoms with Gasteiger partial charge in [-0.15, -0.1) is 0 Å². The highest BCUT2D eigenvalue weighted by molar-refractivity contribution is 6.49. The Labute approximate surface area is 138 Å². The van der Waals surface area contributed by atoms with Gasteiger partial charge in [0.05, 0.1) is 11.2 Å². The van der Waals surface area contributed by atoms with Crippen molar-refractivity contribution in [3.05, 3.63) is 0 Å². The van der Waals surface area contributed by atoms with Crippen molar-refractivity contribution in [2.24, 2.45) is 0 Å². The predicted octanol–water partition coefficient (Wildman–Crippen LogP) is 2.11. The van der Waals surface area contributed by atoms with Gasteiger partial charge in [-0.2, -0.15) is 0 Å². The van der Waals surface area contributed by atoms with E-state index in [0.717, 1.165) is 6.42 Å². The Balaban J connectivity index is 1.56. The number of rotatable bonds is 2. The molecule has 0 radical (unpaired) electrons. The van der Waals surface area contributed by atoms with Crippen LogP contribution in [0, 0.1) is 0 Å². The first-order valence-electron chi connectivity index (χ1n) is 8.43. The summed E-state index contributed by atoms with van der Waals surface area (Å²) >= 11 is 0. The second-order valence-electron chi connectivity index (χ2n) is 8.63. The Hall–Kier alpha value is -0.175. The standard InChI is InChI=1S/C16H27BO6/c1-13(2)14(3,4)23-17(22-13)9-8-16(9)11-10(12(18-7)21-16)19-15(5,6)20-11/h9-12H,8H2,1-7H3/t9-,10-,11?,12+,16-/m0/s1. The number of hydrogen-bond donors (Lipinski definition) is 0. The van der Waals surface area contributed by atoms with Gasteiger partial charge in [-0.1, -0.05) is 0 Å². The number of hydrogen-bond acceptors (Lipinski definition) is 6. The highest BCUT2D eigenvalue weighted by Crippen LogP contribution is 2.66. The summed E-state index contributed by atoms with van der Waals surface area (Å²) in [7, 11) is 1.35. The molecule has 0 aromatic rings. The van der Waals surface area contributed by atoms with Gasteiger partial charge in [-0.25, -0.2) is 0 Å². The molecule has 3 heterocycles. The summed E-state index contributed by atoms with van der Waals surface area (Å²) in [5.41, 5.74) is -1.11. The van der Waals surface area contributed by atoms with E-state index in [1.165, 1.54) is 0 Å². The Morgan fingerprint density at radius 3 is 2.09 bits per heavy atom. The molecule has 0 aromatic heterocycles. The molecular weight excluding hydrogens is 299 g/mol. The van der Waals surface area contributed by atoms with Gasteiger partial charge in [0, 0.05) is 12.9 Å². The fraction of sp³-hybridized carbons (Fsp3) is 1.00. The van der Waals surface area contributed by atoms with Crippen LogP contribution in [0.15, 0.2) is 0 Å². The maximum absolute atomic E-state index is 6.20. The van der Waals surface area contributed by atoms with Gasteiger partial charge in [-0.3, -0.25) is 0 Å². The molecule has 1 spiro atoms. The Kier molecular flexibility index (Phi) is 3.19. The zero-order valence-electron chi connectivity index (χ0n) is 15.0. The zero-order chi connectivity index (χ0) is 16.8. The van der Waals surface area contributed by atoms with E-state index < -0.39 is 17.7 Å². The largest absolute Gasteiger partial charge is 0.464 e. The molecule has 1 saturated carbocycles. The third kappa shape index (κ3) is 2.17. The lowest BCUT2D eigenvalue weighted by molar-refractivity contribution is -0.232. The Morgan fingerprint density at radius 1 is 0.913 bits per heavy atom. The number of ether oxygens (including phenoxy) is 4. The van der Waals surface area contributed by atoms with E-state index in [0.29, 0.717) is 0 Å². The van der Waals surface area contributed by atoms with Crippen LogP contribution in [0.5, 0.6) is 0 Å². The first-order valence-corrected chi connectivity index (χ1v) is 8.43. The van der Waals surface area contributed by atoms with Crippen LogP contribution < -0.4 is 0 Å². The Morgan fingerprint density at radius 2 is 1.52 bits per heavy atom. The average molecular weight is 326 g/mol. The van der Waals surface area contributed by atoms with Crippen molar-refractivity contribution in [1.82, 2.24) is 0 Å². The molecule has 3 saturated heterocycles. The van der Waals surface area contributed by atoms with Crippen molar-refractivity contribution in [2.45, 2.75) is 94.9 Å². The summed E-state index contributed by atoms with van der Waals surface area (Å²) in [5, 5.41) is 0. The molecule has 7 heteroatoms. The van der Waals surface area contributed by atoms with Gasteiger partial charge >= 0.3 is 7.12 Å². The van der Waals surface area contributed by atoms with Gasteiger partial charge in [0.2, 0.25) is 0 Å². The van der Waals surface area contributed by atoms with Gasteiger partial charge in [0.25, 0.3) is 0 Å². The van der Waals surface area contributed by atoms with Gasteiger partial charge in [-0.05, 0) is 48.0 Å². The molecule has 4 rings (SSSR count). The quantitative estimate of drug-likeness (QED) is 0.725. The van der Waals surface area contributed by atoms with Crippen LogP contribution in [0.1, 0.15) is 48.0 Å². The van der Waals surface area contributed by atoms with Crippen LogP contribution in [-0.4, -0.2) is 55.3 Å². The molecule has 4 fully saturated rings. The summed E-state index contributed by atoms with van der Waals surface area (Å²) in [6.45, 7) is 12.1. The maximum atomic E-state index is 6.20. The van der Waals surface area contributed by atoms with E-state index in [4.69, 9.17) is 28.3 Å². The fourth-order valence-corrected chi connectivity index (χ4v) is 4.03. The number of methoxy groups -OCH3 is 1. The van der Waals surface area contributed by atoms with Gasteiger partial charge in [0.15, 0.2) is 12.1 Å². The van der Waals surface area contributed by atoms with Crippen molar-refractivity contribution >= 4 is 7.12 Å². The van der Waals surface area contributed by atoms with Crippen molar-refractivity contribution < 1.29 is 28.3 Å². The van der Waals surface area contributed by atoms with Gasteiger partial charge in [0.1, 0.15) is 17.8 Å². The summed E-state index contributed by atoms with van der Waals surface area (Å²) in [6.07, 6.45) is 0.0766. The molecule has 0 aromatic carbocycles. The van der Waals surface area contributed by atoms with Crippen LogP contribution in [0.4, 0.5) is 0 Å². The molecule has 0 bridgehead atoms. The molecule has 6 nitrogen and oxygen atoms in total. The van der Waals surface area contributed by atoms with Crippen LogP contribution in [-0.2, 0) is 28.3 Å². The van der Waals surface area contributed by atoms with Crippen LogP contribution in [0.3, 0.4) is 0 Å². The third-order valence-electron chi connectivity index (χ3n) is 6.05. The molecule has 0 N–H and O–H groups in total. The smallest absolute Gasteiger partial charge is 0.403 e. The van der Waals surface area contributed by atoms with Crippen molar-refractivity contribution in [1.29, 1.82) is 0 Å². The third-order valence-corrected chi connectivity index (χ3v) is 6.05. The molecule has 1 unspecified atom stereocenters. The monoisotopic (exact) mass is 326 g/mol. The minimum atomic E-state index is -0.619. The lowest BCUT2D eigenvalue weighted by atomic mass is 9.78. The molecule has 23 heavy (non-hydrogen) atoms. The zero-order valence-corrected chi connectivity index (χ0v) is 15.0. The summed E-state index contributed by atoms with van der Waals surface area (Å²) in [4.78, 5) is 0. The molecule has 130 valence electrons. The summed E-state index contributed by atoms with van der Waals surface area (Å²) in [6, 6.07) is 0. The SMILES string of the molecule is CO[C@@H]1O[C@]2(C[C@@H]2B2OC(C)(C)C(C)(C)O2)C2OC(C)(C)O[C@@H]21. The van der Waals surface area contributed by atoms with E-state index in [9.17, 15) is 0 Å². The average Bonchev–Trinajstić information content (AvgIpc) is 2.86. The molecule has 1 aliphatic carbocycles. The highest BCUT2D eigenvalue weighted by atomic mass is 16.8. The van der Waals surface area contributed by atoms with E-state index in [1.807, 2.05) is 13.8 Å². The van der Waals surface area contributed by atoms with Crippen molar-refractivity contribution in [3.63, 3.8) is 0 Å². The molecule has 3 aliphatic heterocycles. The molecule has 5 atom stereocenters. The topological polar surface area (TPSA) is 55.4 Å². The first kappa shape index (κ1) is 16.3. The predicted molar refractivity (Wildman–Crippen MR) is 82.9 cm³/mol. The van der Waals surface area contributed by atoms with Crippen molar-refractivity contribution in [3.8, 4) is 0 Å². The number of fused-ring (bicyclic) bond motifs is 2. The second-order valence-corrected chi connectivity index (χ2v) is 8.63. The lowest BCUT2D eigenvalue weighted by Crippen LogP contribution is -2.41. The lowest BCUT2D eigenvalue weighted by Gasteiger charge is -2.32. The minimum Gasteiger partial charge on any atom is -0.403 e. The summed E-state index contributed by atoms with van der Waals surface area (Å²) in [5.74, 6) is -0.486. The highest BCUT2D eigenvalue weighted by Gasteiger charge is 2.78. The van der Waals surface area contributed by atoms with Gasteiger partial charge < -0.3 is 28.3 Å². The fourth-order valence-electron chi connectivity index (χ4n) is 4.03. The second kappa shape index (κ2) is 4.51. The van der Waals surface area contributed by atoms with Crippen LogP contribution in [0.2, 0.25) is 5.82 Å². The van der Waals surface area contributed by atoms with E-state index in [2.05, 4.69) is 27.7 Å². The molecule has 0 amide bonds. The molecule has 4 aliphatic rings. The normalized spacial score (nSPS) is 48.9. The van der Waals surface area contributed by atoms with Crippen LogP contribution in [0.25, 0.3) is 0 Å².